The van der Waals surface area contributed by atoms with Crippen LogP contribution in [0.5, 0.6) is 0 Å². The Kier molecular flexibility index (Phi) is 5.72. The van der Waals surface area contributed by atoms with Crippen LogP contribution in [0.2, 0.25) is 0 Å². The summed E-state index contributed by atoms with van der Waals surface area (Å²) in [6.07, 6.45) is 1.59. The Labute approximate surface area is 121 Å². The third kappa shape index (κ3) is 4.67. The fourth-order valence-electron chi connectivity index (χ4n) is 1.36. The van der Waals surface area contributed by atoms with Crippen LogP contribution in [0.1, 0.15) is 43.7 Å². The lowest BCUT2D eigenvalue weighted by atomic mass is 9.81. The van der Waals surface area contributed by atoms with Crippen LogP contribution >= 0.6 is 0 Å². The standard InChI is InChI=1S/C16H23N3O/c1-12(2)16(3,4)11-19-15(20)14-8-7-13(10-18-14)6-5-9-17/h7-8,10,12H,9,11,17H2,1-4H3,(H,19,20). The molecule has 0 saturated heterocycles. The summed E-state index contributed by atoms with van der Waals surface area (Å²) >= 11 is 0. The predicted molar refractivity (Wildman–Crippen MR) is 81.1 cm³/mol. The summed E-state index contributed by atoms with van der Waals surface area (Å²) < 4.78 is 0. The summed E-state index contributed by atoms with van der Waals surface area (Å²) in [7, 11) is 0. The zero-order chi connectivity index (χ0) is 15.2. The van der Waals surface area contributed by atoms with E-state index in [1.54, 1.807) is 18.3 Å². The molecule has 0 aliphatic heterocycles. The minimum Gasteiger partial charge on any atom is -0.350 e. The summed E-state index contributed by atoms with van der Waals surface area (Å²) in [5, 5.41) is 2.93. The molecule has 0 aliphatic rings. The minimum absolute atomic E-state index is 0.0577. The zero-order valence-corrected chi connectivity index (χ0v) is 12.7. The number of nitrogens with zero attached hydrogens (tertiary/aromatic N) is 1. The molecule has 0 fully saturated rings. The van der Waals surface area contributed by atoms with Crippen molar-refractivity contribution in [3.05, 3.63) is 29.6 Å². The number of nitrogens with two attached hydrogens (primary N) is 1. The number of carbonyl (C=O) groups excluding carboxylic acids is 1. The summed E-state index contributed by atoms with van der Waals surface area (Å²) in [5.41, 5.74) is 6.52. The van der Waals surface area contributed by atoms with Gasteiger partial charge in [0.05, 0.1) is 6.54 Å². The molecule has 3 N–H and O–H groups in total. The molecule has 0 spiro atoms. The summed E-state index contributed by atoms with van der Waals surface area (Å²) in [6, 6.07) is 3.45. The van der Waals surface area contributed by atoms with Crippen LogP contribution in [-0.4, -0.2) is 24.0 Å². The molecule has 0 radical (unpaired) electrons. The molecule has 108 valence electrons. The van der Waals surface area contributed by atoms with E-state index < -0.39 is 0 Å². The molecular formula is C16H23N3O. The van der Waals surface area contributed by atoms with Gasteiger partial charge in [-0.25, -0.2) is 4.98 Å². The molecule has 0 unspecified atom stereocenters. The zero-order valence-electron chi connectivity index (χ0n) is 12.7. The first-order valence-electron chi connectivity index (χ1n) is 6.80. The molecule has 4 heteroatoms. The Hall–Kier alpha value is -1.86. The molecule has 0 bridgehead atoms. The van der Waals surface area contributed by atoms with Crippen LogP contribution in [0.25, 0.3) is 0 Å². The van der Waals surface area contributed by atoms with Crippen molar-refractivity contribution in [3.63, 3.8) is 0 Å². The van der Waals surface area contributed by atoms with E-state index in [0.29, 0.717) is 24.7 Å². The van der Waals surface area contributed by atoms with Crippen molar-refractivity contribution in [1.82, 2.24) is 10.3 Å². The maximum atomic E-state index is 12.0. The van der Waals surface area contributed by atoms with Gasteiger partial charge >= 0.3 is 0 Å². The summed E-state index contributed by atoms with van der Waals surface area (Å²) in [4.78, 5) is 16.1. The van der Waals surface area contributed by atoms with E-state index in [1.807, 2.05) is 0 Å². The number of hydrogen-bond acceptors (Lipinski definition) is 3. The van der Waals surface area contributed by atoms with Crippen molar-refractivity contribution in [2.75, 3.05) is 13.1 Å². The lowest BCUT2D eigenvalue weighted by Crippen LogP contribution is -2.37. The number of amides is 1. The molecule has 0 saturated carbocycles. The van der Waals surface area contributed by atoms with Crippen molar-refractivity contribution >= 4 is 5.91 Å². The van der Waals surface area contributed by atoms with E-state index in [0.717, 1.165) is 5.56 Å². The van der Waals surface area contributed by atoms with Gasteiger partial charge in [0.2, 0.25) is 0 Å². The molecule has 1 aromatic rings. The molecule has 20 heavy (non-hydrogen) atoms. The molecule has 1 aromatic heterocycles. The fraction of sp³-hybridized carbons (Fsp3) is 0.500. The second-order valence-electron chi connectivity index (χ2n) is 5.76. The van der Waals surface area contributed by atoms with Gasteiger partial charge in [0.25, 0.3) is 5.91 Å². The van der Waals surface area contributed by atoms with Gasteiger partial charge in [0.1, 0.15) is 5.69 Å². The third-order valence-electron chi connectivity index (χ3n) is 3.60. The first kappa shape index (κ1) is 16.2. The Morgan fingerprint density at radius 1 is 1.45 bits per heavy atom. The van der Waals surface area contributed by atoms with Crippen molar-refractivity contribution in [1.29, 1.82) is 0 Å². The molecule has 1 heterocycles. The highest BCUT2D eigenvalue weighted by molar-refractivity contribution is 5.92. The van der Waals surface area contributed by atoms with E-state index in [4.69, 9.17) is 5.73 Å². The number of aromatic nitrogens is 1. The highest BCUT2D eigenvalue weighted by atomic mass is 16.1. The van der Waals surface area contributed by atoms with Crippen molar-refractivity contribution in [3.8, 4) is 11.8 Å². The smallest absolute Gasteiger partial charge is 0.269 e. The van der Waals surface area contributed by atoms with Crippen LogP contribution in [0.15, 0.2) is 18.3 Å². The van der Waals surface area contributed by atoms with Crippen LogP contribution in [0, 0.1) is 23.2 Å². The fourth-order valence-corrected chi connectivity index (χ4v) is 1.36. The summed E-state index contributed by atoms with van der Waals surface area (Å²) in [5.74, 6) is 5.96. The molecule has 1 rings (SSSR count). The van der Waals surface area contributed by atoms with E-state index in [1.165, 1.54) is 0 Å². The second kappa shape index (κ2) is 7.06. The topological polar surface area (TPSA) is 68.0 Å². The second-order valence-corrected chi connectivity index (χ2v) is 5.76. The van der Waals surface area contributed by atoms with E-state index >= 15 is 0 Å². The first-order valence-corrected chi connectivity index (χ1v) is 6.80. The predicted octanol–water partition coefficient (Wildman–Crippen LogP) is 1.80. The molecule has 1 amide bonds. The number of carbonyl (C=O) groups is 1. The van der Waals surface area contributed by atoms with Gasteiger partial charge in [-0.2, -0.15) is 0 Å². The Morgan fingerprint density at radius 2 is 2.15 bits per heavy atom. The Bertz CT molecular complexity index is 507. The van der Waals surface area contributed by atoms with Gasteiger partial charge in [-0.1, -0.05) is 39.5 Å². The highest BCUT2D eigenvalue weighted by Crippen LogP contribution is 2.24. The lowest BCUT2D eigenvalue weighted by Gasteiger charge is -2.29. The monoisotopic (exact) mass is 273 g/mol. The lowest BCUT2D eigenvalue weighted by molar-refractivity contribution is 0.0920. The highest BCUT2D eigenvalue weighted by Gasteiger charge is 2.23. The minimum atomic E-state index is -0.156. The van der Waals surface area contributed by atoms with Gasteiger partial charge in [-0.15, -0.1) is 0 Å². The number of pyridine rings is 1. The van der Waals surface area contributed by atoms with Gasteiger partial charge in [-0.3, -0.25) is 4.79 Å². The molecule has 4 nitrogen and oxygen atoms in total. The molecule has 0 atom stereocenters. The molecule has 0 aliphatic carbocycles. The average molecular weight is 273 g/mol. The van der Waals surface area contributed by atoms with Crippen molar-refractivity contribution < 1.29 is 4.79 Å². The largest absolute Gasteiger partial charge is 0.350 e. The van der Waals surface area contributed by atoms with Crippen LogP contribution in [-0.2, 0) is 0 Å². The number of hydrogen-bond donors (Lipinski definition) is 2. The quantitative estimate of drug-likeness (QED) is 0.822. The van der Waals surface area contributed by atoms with E-state index in [9.17, 15) is 4.79 Å². The third-order valence-corrected chi connectivity index (χ3v) is 3.60. The van der Waals surface area contributed by atoms with Crippen LogP contribution in [0.4, 0.5) is 0 Å². The van der Waals surface area contributed by atoms with Crippen molar-refractivity contribution in [2.45, 2.75) is 27.7 Å². The SMILES string of the molecule is CC(C)C(C)(C)CNC(=O)c1ccc(C#CCN)cn1. The molecule has 0 aromatic carbocycles. The van der Waals surface area contributed by atoms with Crippen LogP contribution in [0.3, 0.4) is 0 Å². The summed E-state index contributed by atoms with van der Waals surface area (Å²) in [6.45, 7) is 9.50. The van der Waals surface area contributed by atoms with Crippen molar-refractivity contribution in [2.24, 2.45) is 17.1 Å². The number of nitrogens with one attached hydrogen (secondary N) is 1. The molecular weight excluding hydrogens is 250 g/mol. The Balaban J connectivity index is 2.65. The Morgan fingerprint density at radius 3 is 2.65 bits per heavy atom. The maximum absolute atomic E-state index is 12.0. The first-order chi connectivity index (χ1) is 9.36. The van der Waals surface area contributed by atoms with Crippen LogP contribution < -0.4 is 11.1 Å². The van der Waals surface area contributed by atoms with E-state index in [-0.39, 0.29) is 11.3 Å². The average Bonchev–Trinajstić information content (AvgIpc) is 2.43. The number of rotatable bonds is 4. The van der Waals surface area contributed by atoms with Gasteiger partial charge < -0.3 is 11.1 Å². The normalized spacial score (nSPS) is 10.9. The van der Waals surface area contributed by atoms with Gasteiger partial charge in [-0.05, 0) is 23.5 Å². The van der Waals surface area contributed by atoms with Gasteiger partial charge in [0, 0.05) is 18.3 Å². The van der Waals surface area contributed by atoms with Gasteiger partial charge in [0.15, 0.2) is 0 Å². The van der Waals surface area contributed by atoms with E-state index in [2.05, 4.69) is 49.8 Å². The maximum Gasteiger partial charge on any atom is 0.269 e.